The van der Waals surface area contributed by atoms with Crippen LogP contribution in [0.4, 0.5) is 5.82 Å². The Morgan fingerprint density at radius 2 is 2.29 bits per heavy atom. The fraction of sp³-hybridized carbons (Fsp3) is 0.667. The van der Waals surface area contributed by atoms with E-state index >= 15 is 0 Å². The van der Waals surface area contributed by atoms with Crippen LogP contribution in [0.3, 0.4) is 0 Å². The normalized spacial score (nSPS) is 12.8. The van der Waals surface area contributed by atoms with E-state index in [9.17, 15) is 4.79 Å². The molecule has 0 aliphatic heterocycles. The van der Waals surface area contributed by atoms with E-state index in [0.717, 1.165) is 25.0 Å². The predicted octanol–water partition coefficient (Wildman–Crippen LogP) is 1.67. The number of aromatic nitrogens is 2. The van der Waals surface area contributed by atoms with Gasteiger partial charge in [-0.25, -0.2) is 0 Å². The van der Waals surface area contributed by atoms with Gasteiger partial charge in [-0.15, -0.1) is 0 Å². The lowest BCUT2D eigenvalue weighted by molar-refractivity contribution is -0.118. The van der Waals surface area contributed by atoms with E-state index < -0.39 is 6.04 Å². The standard InChI is InChI=1S/C12H22N4O/c1-4-5-6-9-7-10(16-15-9)14-12(17)11(13)8(2)3/h7-8,11H,4-6,13H2,1-3H3,(H2,14,15,16,17)/t11-/m0/s1. The Kier molecular flexibility index (Phi) is 5.15. The summed E-state index contributed by atoms with van der Waals surface area (Å²) in [7, 11) is 0. The fourth-order valence-electron chi connectivity index (χ4n) is 1.43. The number of aromatic amines is 1. The molecular formula is C12H22N4O. The van der Waals surface area contributed by atoms with Gasteiger partial charge in [0.1, 0.15) is 0 Å². The van der Waals surface area contributed by atoms with Crippen molar-refractivity contribution in [3.05, 3.63) is 11.8 Å². The molecule has 17 heavy (non-hydrogen) atoms. The Morgan fingerprint density at radius 3 is 2.88 bits per heavy atom. The Balaban J connectivity index is 2.51. The summed E-state index contributed by atoms with van der Waals surface area (Å²) in [5, 5.41) is 9.66. The van der Waals surface area contributed by atoms with Crippen molar-refractivity contribution >= 4 is 11.7 Å². The number of amides is 1. The van der Waals surface area contributed by atoms with Gasteiger partial charge in [0.25, 0.3) is 0 Å². The van der Waals surface area contributed by atoms with Gasteiger partial charge in [0.05, 0.1) is 6.04 Å². The van der Waals surface area contributed by atoms with Gasteiger partial charge in [-0.3, -0.25) is 9.89 Å². The highest BCUT2D eigenvalue weighted by atomic mass is 16.2. The average molecular weight is 238 g/mol. The quantitative estimate of drug-likeness (QED) is 0.705. The minimum absolute atomic E-state index is 0.119. The van der Waals surface area contributed by atoms with Gasteiger partial charge in [0, 0.05) is 11.8 Å². The first-order valence-corrected chi connectivity index (χ1v) is 6.15. The summed E-state index contributed by atoms with van der Waals surface area (Å²) >= 11 is 0. The molecule has 5 nitrogen and oxygen atoms in total. The number of carbonyl (C=O) groups excluding carboxylic acids is 1. The summed E-state index contributed by atoms with van der Waals surface area (Å²) in [4.78, 5) is 11.7. The van der Waals surface area contributed by atoms with Crippen molar-refractivity contribution in [2.24, 2.45) is 11.7 Å². The molecule has 0 saturated carbocycles. The highest BCUT2D eigenvalue weighted by molar-refractivity contribution is 5.94. The van der Waals surface area contributed by atoms with E-state index in [1.807, 2.05) is 19.9 Å². The molecule has 1 aromatic rings. The van der Waals surface area contributed by atoms with Crippen molar-refractivity contribution in [3.63, 3.8) is 0 Å². The molecule has 0 unspecified atom stereocenters. The van der Waals surface area contributed by atoms with Crippen molar-refractivity contribution in [1.29, 1.82) is 0 Å². The van der Waals surface area contributed by atoms with E-state index in [-0.39, 0.29) is 11.8 Å². The zero-order valence-corrected chi connectivity index (χ0v) is 10.8. The van der Waals surface area contributed by atoms with Crippen molar-refractivity contribution in [1.82, 2.24) is 10.2 Å². The SMILES string of the molecule is CCCCc1cc(NC(=O)[C@@H](N)C(C)C)n[nH]1. The first-order valence-electron chi connectivity index (χ1n) is 6.15. The molecule has 1 heterocycles. The third kappa shape index (κ3) is 4.19. The Hall–Kier alpha value is -1.36. The number of hydrogen-bond acceptors (Lipinski definition) is 3. The number of unbranched alkanes of at least 4 members (excludes halogenated alkanes) is 1. The first kappa shape index (κ1) is 13.7. The molecule has 1 atom stereocenters. The van der Waals surface area contributed by atoms with Crippen LogP contribution in [0.2, 0.25) is 0 Å². The molecule has 0 bridgehead atoms. The number of carbonyl (C=O) groups is 1. The maximum atomic E-state index is 11.7. The third-order valence-corrected chi connectivity index (χ3v) is 2.70. The number of nitrogens with two attached hydrogens (primary N) is 1. The number of nitrogens with zero attached hydrogens (tertiary/aromatic N) is 1. The molecule has 0 aliphatic rings. The highest BCUT2D eigenvalue weighted by Gasteiger charge is 2.17. The number of H-pyrrole nitrogens is 1. The maximum Gasteiger partial charge on any atom is 0.242 e. The Bertz CT molecular complexity index is 359. The Morgan fingerprint density at radius 1 is 1.59 bits per heavy atom. The number of hydrogen-bond donors (Lipinski definition) is 3. The topological polar surface area (TPSA) is 83.8 Å². The van der Waals surface area contributed by atoms with Crippen LogP contribution in [-0.4, -0.2) is 22.1 Å². The zero-order valence-electron chi connectivity index (χ0n) is 10.8. The second kappa shape index (κ2) is 6.39. The summed E-state index contributed by atoms with van der Waals surface area (Å²) < 4.78 is 0. The molecular weight excluding hydrogens is 216 g/mol. The molecule has 0 spiro atoms. The van der Waals surface area contributed by atoms with E-state index in [0.29, 0.717) is 5.82 Å². The van der Waals surface area contributed by atoms with Crippen LogP contribution in [0.25, 0.3) is 0 Å². The molecule has 1 rings (SSSR count). The molecule has 0 saturated heterocycles. The summed E-state index contributed by atoms with van der Waals surface area (Å²) in [5.41, 5.74) is 6.79. The second-order valence-electron chi connectivity index (χ2n) is 4.64. The van der Waals surface area contributed by atoms with Gasteiger partial charge in [0.15, 0.2) is 5.82 Å². The molecule has 96 valence electrons. The number of nitrogens with one attached hydrogen (secondary N) is 2. The lowest BCUT2D eigenvalue weighted by atomic mass is 10.1. The molecule has 1 amide bonds. The van der Waals surface area contributed by atoms with Gasteiger partial charge in [-0.1, -0.05) is 27.2 Å². The first-order chi connectivity index (χ1) is 8.04. The summed E-state index contributed by atoms with van der Waals surface area (Å²) in [6.45, 7) is 5.98. The Labute approximate surface area is 102 Å². The van der Waals surface area contributed by atoms with Crippen LogP contribution in [0.15, 0.2) is 6.07 Å². The van der Waals surface area contributed by atoms with Crippen molar-refractivity contribution in [2.45, 2.75) is 46.1 Å². The van der Waals surface area contributed by atoms with E-state index in [1.54, 1.807) is 0 Å². The number of rotatable bonds is 6. The summed E-state index contributed by atoms with van der Waals surface area (Å²) in [6, 6.07) is 1.37. The number of aryl methyl sites for hydroxylation is 1. The second-order valence-corrected chi connectivity index (χ2v) is 4.64. The monoisotopic (exact) mass is 238 g/mol. The van der Waals surface area contributed by atoms with Crippen LogP contribution in [0.1, 0.15) is 39.3 Å². The molecule has 1 aromatic heterocycles. The van der Waals surface area contributed by atoms with Crippen molar-refractivity contribution in [3.8, 4) is 0 Å². The van der Waals surface area contributed by atoms with Crippen LogP contribution >= 0.6 is 0 Å². The zero-order chi connectivity index (χ0) is 12.8. The molecule has 0 aliphatic carbocycles. The number of anilines is 1. The van der Waals surface area contributed by atoms with Gasteiger partial charge in [-0.05, 0) is 18.8 Å². The van der Waals surface area contributed by atoms with Gasteiger partial charge < -0.3 is 11.1 Å². The molecule has 4 N–H and O–H groups in total. The van der Waals surface area contributed by atoms with Crippen LogP contribution in [0.5, 0.6) is 0 Å². The lowest BCUT2D eigenvalue weighted by Crippen LogP contribution is -2.39. The van der Waals surface area contributed by atoms with Crippen LogP contribution in [-0.2, 0) is 11.2 Å². The van der Waals surface area contributed by atoms with E-state index in [2.05, 4.69) is 22.4 Å². The average Bonchev–Trinajstić information content (AvgIpc) is 2.72. The lowest BCUT2D eigenvalue weighted by Gasteiger charge is -2.13. The van der Waals surface area contributed by atoms with Gasteiger partial charge in [0.2, 0.25) is 5.91 Å². The van der Waals surface area contributed by atoms with E-state index in [1.165, 1.54) is 0 Å². The molecule has 0 radical (unpaired) electrons. The van der Waals surface area contributed by atoms with Crippen LogP contribution in [0, 0.1) is 5.92 Å². The van der Waals surface area contributed by atoms with Gasteiger partial charge >= 0.3 is 0 Å². The third-order valence-electron chi connectivity index (χ3n) is 2.70. The molecule has 0 fully saturated rings. The van der Waals surface area contributed by atoms with Gasteiger partial charge in [-0.2, -0.15) is 5.10 Å². The predicted molar refractivity (Wildman–Crippen MR) is 68.6 cm³/mol. The summed E-state index contributed by atoms with van der Waals surface area (Å²) in [5.74, 6) is 0.485. The van der Waals surface area contributed by atoms with Crippen LogP contribution < -0.4 is 11.1 Å². The molecule has 5 heteroatoms. The fourth-order valence-corrected chi connectivity index (χ4v) is 1.43. The minimum Gasteiger partial charge on any atom is -0.320 e. The smallest absolute Gasteiger partial charge is 0.242 e. The maximum absolute atomic E-state index is 11.7. The highest BCUT2D eigenvalue weighted by Crippen LogP contribution is 2.09. The largest absolute Gasteiger partial charge is 0.320 e. The van der Waals surface area contributed by atoms with Crippen molar-refractivity contribution < 1.29 is 4.79 Å². The van der Waals surface area contributed by atoms with E-state index in [4.69, 9.17) is 5.73 Å². The summed E-state index contributed by atoms with van der Waals surface area (Å²) in [6.07, 6.45) is 3.20. The minimum atomic E-state index is -0.495. The molecule has 0 aromatic carbocycles. The van der Waals surface area contributed by atoms with Crippen molar-refractivity contribution in [2.75, 3.05) is 5.32 Å².